The molecule has 1 saturated heterocycles. The number of aromatic hydroxyl groups is 1. The summed E-state index contributed by atoms with van der Waals surface area (Å²) in [4.78, 5) is 2.33. The van der Waals surface area contributed by atoms with Crippen LogP contribution in [0.3, 0.4) is 0 Å². The summed E-state index contributed by atoms with van der Waals surface area (Å²) in [6, 6.07) is 14.1. The normalized spacial score (nSPS) is 19.8. The van der Waals surface area contributed by atoms with Crippen LogP contribution in [0, 0.1) is 5.41 Å². The van der Waals surface area contributed by atoms with Gasteiger partial charge in [-0.25, -0.2) is 0 Å². The van der Waals surface area contributed by atoms with Crippen molar-refractivity contribution in [2.24, 2.45) is 11.1 Å². The van der Waals surface area contributed by atoms with Crippen molar-refractivity contribution in [1.82, 2.24) is 10.2 Å². The van der Waals surface area contributed by atoms with Gasteiger partial charge in [0.25, 0.3) is 0 Å². The third kappa shape index (κ3) is 2.92. The topological polar surface area (TPSA) is 78.2 Å². The van der Waals surface area contributed by atoms with Crippen LogP contribution in [0.25, 0.3) is 5.57 Å². The number of benzene rings is 2. The number of rotatable bonds is 3. The van der Waals surface area contributed by atoms with Gasteiger partial charge in [-0.3, -0.25) is 5.10 Å². The number of H-pyrrole nitrogens is 1. The van der Waals surface area contributed by atoms with E-state index < -0.39 is 0 Å². The Morgan fingerprint density at radius 3 is 2.67 bits per heavy atom. The highest BCUT2D eigenvalue weighted by atomic mass is 35.5. The van der Waals surface area contributed by atoms with E-state index in [1.54, 1.807) is 12.3 Å². The SMILES string of the molecule is C=C(c1cc[nH]n1)c1c(N2CCC3(CC2)Cc2ccccc2[C@H]3N)ccc(O)c1Cl. The number of hydrogen-bond acceptors (Lipinski definition) is 4. The van der Waals surface area contributed by atoms with E-state index in [-0.39, 0.29) is 17.2 Å². The number of fused-ring (bicyclic) bond motifs is 1. The molecule has 6 heteroatoms. The van der Waals surface area contributed by atoms with Gasteiger partial charge in [0, 0.05) is 42.2 Å². The van der Waals surface area contributed by atoms with Gasteiger partial charge in [0.1, 0.15) is 5.75 Å². The molecule has 5 nitrogen and oxygen atoms in total. The highest BCUT2D eigenvalue weighted by Crippen LogP contribution is 2.51. The fourth-order valence-electron chi connectivity index (χ4n) is 5.16. The highest BCUT2D eigenvalue weighted by molar-refractivity contribution is 6.34. The summed E-state index contributed by atoms with van der Waals surface area (Å²) in [5.41, 5.74) is 12.6. The van der Waals surface area contributed by atoms with Crippen LogP contribution in [0.1, 0.15) is 41.3 Å². The van der Waals surface area contributed by atoms with Crippen molar-refractivity contribution in [2.75, 3.05) is 18.0 Å². The van der Waals surface area contributed by atoms with Gasteiger partial charge in [-0.05, 0) is 54.0 Å². The second-order valence-corrected chi connectivity index (χ2v) is 8.81. The molecule has 1 aliphatic heterocycles. The number of aromatic nitrogens is 2. The van der Waals surface area contributed by atoms with Gasteiger partial charge in [0.15, 0.2) is 0 Å². The highest BCUT2D eigenvalue weighted by Gasteiger charge is 2.46. The number of phenolic OH excluding ortho intramolecular Hbond substituents is 1. The molecule has 0 radical (unpaired) electrons. The minimum Gasteiger partial charge on any atom is -0.506 e. The Kier molecular flexibility index (Phi) is 4.60. The Balaban J connectivity index is 1.44. The summed E-state index contributed by atoms with van der Waals surface area (Å²) in [5.74, 6) is 0.0499. The maximum atomic E-state index is 10.2. The maximum Gasteiger partial charge on any atom is 0.134 e. The zero-order valence-corrected chi connectivity index (χ0v) is 17.5. The van der Waals surface area contributed by atoms with E-state index in [0.717, 1.165) is 43.6 Å². The van der Waals surface area contributed by atoms with Crippen LogP contribution in [0.5, 0.6) is 5.75 Å². The van der Waals surface area contributed by atoms with Crippen LogP contribution in [-0.2, 0) is 6.42 Å². The molecule has 1 aromatic heterocycles. The summed E-state index contributed by atoms with van der Waals surface area (Å²) >= 11 is 6.54. The molecule has 0 bridgehead atoms. The lowest BCUT2D eigenvalue weighted by atomic mass is 9.73. The molecule has 0 saturated carbocycles. The number of nitrogens with zero attached hydrogens (tertiary/aromatic N) is 2. The maximum absolute atomic E-state index is 10.2. The summed E-state index contributed by atoms with van der Waals surface area (Å²) in [5, 5.41) is 17.6. The van der Waals surface area contributed by atoms with E-state index in [1.807, 2.05) is 12.1 Å². The molecule has 1 aliphatic carbocycles. The number of nitrogens with one attached hydrogen (secondary N) is 1. The van der Waals surface area contributed by atoms with Crippen molar-refractivity contribution in [3.05, 3.63) is 82.6 Å². The number of hydrogen-bond donors (Lipinski definition) is 3. The summed E-state index contributed by atoms with van der Waals surface area (Å²) < 4.78 is 0. The molecule has 2 heterocycles. The minimum absolute atomic E-state index is 0.0499. The zero-order valence-electron chi connectivity index (χ0n) is 16.7. The molecule has 0 amide bonds. The van der Waals surface area contributed by atoms with E-state index in [9.17, 15) is 5.11 Å². The molecular weight excluding hydrogens is 396 g/mol. The fraction of sp³-hybridized carbons (Fsp3) is 0.292. The molecule has 0 unspecified atom stereocenters. The molecule has 1 spiro atoms. The predicted molar refractivity (Wildman–Crippen MR) is 121 cm³/mol. The Bertz CT molecular complexity index is 1100. The standard InChI is InChI=1S/C24H25ClN4O/c1-15(18-8-11-27-28-18)21-19(6-7-20(30)22(21)25)29-12-9-24(10-13-29)14-16-4-2-3-5-17(16)23(24)26/h2-8,11,23,30H,1,9-10,12-14,26H2,(H,27,28)/t23-/m1/s1. The van der Waals surface area contributed by atoms with E-state index in [0.29, 0.717) is 16.3 Å². The van der Waals surface area contributed by atoms with Gasteiger partial charge in [0.2, 0.25) is 0 Å². The van der Waals surface area contributed by atoms with Crippen LogP contribution in [0.2, 0.25) is 5.02 Å². The van der Waals surface area contributed by atoms with Crippen molar-refractivity contribution in [1.29, 1.82) is 0 Å². The van der Waals surface area contributed by atoms with Crippen molar-refractivity contribution >= 4 is 22.9 Å². The molecule has 154 valence electrons. The number of aromatic amines is 1. The Morgan fingerprint density at radius 1 is 1.20 bits per heavy atom. The summed E-state index contributed by atoms with van der Waals surface area (Å²) in [6.07, 6.45) is 4.81. The van der Waals surface area contributed by atoms with Crippen molar-refractivity contribution in [3.63, 3.8) is 0 Å². The van der Waals surface area contributed by atoms with Crippen molar-refractivity contribution in [3.8, 4) is 5.75 Å². The predicted octanol–water partition coefficient (Wildman–Crippen LogP) is 4.67. The van der Waals surface area contributed by atoms with Crippen molar-refractivity contribution < 1.29 is 5.11 Å². The molecular formula is C24H25ClN4O. The van der Waals surface area contributed by atoms with Gasteiger partial charge in [0.05, 0.1) is 10.7 Å². The van der Waals surface area contributed by atoms with Gasteiger partial charge < -0.3 is 15.7 Å². The van der Waals surface area contributed by atoms with E-state index >= 15 is 0 Å². The fourth-order valence-corrected chi connectivity index (χ4v) is 5.43. The van der Waals surface area contributed by atoms with E-state index in [1.165, 1.54) is 11.1 Å². The monoisotopic (exact) mass is 420 g/mol. The first-order chi connectivity index (χ1) is 14.5. The third-order valence-electron chi connectivity index (χ3n) is 6.90. The van der Waals surface area contributed by atoms with Crippen molar-refractivity contribution in [2.45, 2.75) is 25.3 Å². The second-order valence-electron chi connectivity index (χ2n) is 8.43. The van der Waals surface area contributed by atoms with Gasteiger partial charge >= 0.3 is 0 Å². The largest absolute Gasteiger partial charge is 0.506 e. The zero-order chi connectivity index (χ0) is 20.9. The molecule has 2 aromatic carbocycles. The first-order valence-corrected chi connectivity index (χ1v) is 10.7. The second kappa shape index (κ2) is 7.18. The molecule has 3 aromatic rings. The summed E-state index contributed by atoms with van der Waals surface area (Å²) in [7, 11) is 0. The Hall–Kier alpha value is -2.76. The number of halogens is 1. The molecule has 2 aliphatic rings. The molecule has 30 heavy (non-hydrogen) atoms. The van der Waals surface area contributed by atoms with E-state index in [2.05, 4.69) is 45.9 Å². The molecule has 5 rings (SSSR count). The minimum atomic E-state index is 0.0499. The molecule has 1 atom stereocenters. The number of anilines is 1. The van der Waals surface area contributed by atoms with Gasteiger partial charge in [-0.1, -0.05) is 42.4 Å². The molecule has 4 N–H and O–H groups in total. The average molecular weight is 421 g/mol. The van der Waals surface area contributed by atoms with Gasteiger partial charge in [-0.15, -0.1) is 0 Å². The van der Waals surface area contributed by atoms with Crippen LogP contribution in [-0.4, -0.2) is 28.4 Å². The van der Waals surface area contributed by atoms with E-state index in [4.69, 9.17) is 17.3 Å². The van der Waals surface area contributed by atoms with Crippen LogP contribution in [0.4, 0.5) is 5.69 Å². The van der Waals surface area contributed by atoms with Gasteiger partial charge in [-0.2, -0.15) is 5.10 Å². The number of piperidine rings is 1. The first-order valence-electron chi connectivity index (χ1n) is 10.3. The average Bonchev–Trinajstić information content (AvgIpc) is 3.38. The summed E-state index contributed by atoms with van der Waals surface area (Å²) in [6.45, 7) is 5.97. The Morgan fingerprint density at radius 2 is 1.97 bits per heavy atom. The van der Waals surface area contributed by atoms with Crippen LogP contribution >= 0.6 is 11.6 Å². The quantitative estimate of drug-likeness (QED) is 0.575. The van der Waals surface area contributed by atoms with Crippen LogP contribution < -0.4 is 10.6 Å². The Labute approximate surface area is 181 Å². The smallest absolute Gasteiger partial charge is 0.134 e. The first kappa shape index (κ1) is 19.2. The number of nitrogens with two attached hydrogens (primary N) is 1. The van der Waals surface area contributed by atoms with Crippen LogP contribution in [0.15, 0.2) is 55.2 Å². The lowest BCUT2D eigenvalue weighted by molar-refractivity contribution is 0.187. The number of phenols is 1. The third-order valence-corrected chi connectivity index (χ3v) is 7.29. The molecule has 1 fully saturated rings. The lowest BCUT2D eigenvalue weighted by Gasteiger charge is -2.43. The lowest BCUT2D eigenvalue weighted by Crippen LogP contribution is -2.44.